The first-order chi connectivity index (χ1) is 9.26. The number of hydrogen-bond donors (Lipinski definition) is 0. The fraction of sp³-hybridized carbons (Fsp3) is 0.500. The van der Waals surface area contributed by atoms with Crippen LogP contribution < -0.4 is 0 Å². The van der Waals surface area contributed by atoms with E-state index < -0.39 is 0 Å². The lowest BCUT2D eigenvalue weighted by atomic mass is 10.0. The molecular weight excluding hydrogens is 240 g/mol. The zero-order valence-corrected chi connectivity index (χ0v) is 10.9. The normalized spacial score (nSPS) is 25.0. The van der Waals surface area contributed by atoms with Gasteiger partial charge in [-0.1, -0.05) is 6.07 Å². The smallest absolute Gasteiger partial charge is 0.266 e. The first-order valence-corrected chi connectivity index (χ1v) is 6.71. The highest BCUT2D eigenvalue weighted by molar-refractivity contribution is 5.45. The molecule has 2 fully saturated rings. The van der Waals surface area contributed by atoms with E-state index in [4.69, 9.17) is 4.42 Å². The second-order valence-corrected chi connectivity index (χ2v) is 5.80. The number of rotatable bonds is 2. The van der Waals surface area contributed by atoms with E-state index in [1.807, 2.05) is 18.2 Å². The molecule has 2 aliphatic rings. The number of nitrogens with zero attached hydrogens (tertiary/aromatic N) is 4. The molecule has 98 valence electrons. The van der Waals surface area contributed by atoms with Crippen LogP contribution in [0, 0.1) is 5.41 Å². The molecule has 0 aromatic carbocycles. The summed E-state index contributed by atoms with van der Waals surface area (Å²) >= 11 is 0. The summed E-state index contributed by atoms with van der Waals surface area (Å²) in [5.41, 5.74) is 1.28. The lowest BCUT2D eigenvalue weighted by molar-refractivity contribution is 0.268. The molecule has 5 nitrogen and oxygen atoms in total. The Balaban J connectivity index is 1.62. The standard InChI is InChI=1S/C14H16N4O/c1-18-9-14(5-6-14)8-11(18)13-17-16-12(19-13)10-4-2-3-7-15-10/h2-4,7,11H,5-6,8-9H2,1H3. The molecule has 5 heteroatoms. The predicted molar refractivity (Wildman–Crippen MR) is 69.2 cm³/mol. The maximum Gasteiger partial charge on any atom is 0.266 e. The molecule has 0 N–H and O–H groups in total. The number of likely N-dealkylation sites (tertiary alicyclic amines) is 1. The predicted octanol–water partition coefficient (Wildman–Crippen LogP) is 2.29. The van der Waals surface area contributed by atoms with Crippen LogP contribution in [0.15, 0.2) is 28.8 Å². The van der Waals surface area contributed by atoms with E-state index in [-0.39, 0.29) is 6.04 Å². The van der Waals surface area contributed by atoms with Gasteiger partial charge in [0.05, 0.1) is 6.04 Å². The molecule has 2 aromatic heterocycles. The summed E-state index contributed by atoms with van der Waals surface area (Å²) < 4.78 is 5.82. The van der Waals surface area contributed by atoms with Crippen LogP contribution in [0.4, 0.5) is 0 Å². The maximum atomic E-state index is 5.82. The molecule has 3 heterocycles. The van der Waals surface area contributed by atoms with Crippen LogP contribution in [0.2, 0.25) is 0 Å². The van der Waals surface area contributed by atoms with Crippen LogP contribution in [-0.4, -0.2) is 33.7 Å². The van der Waals surface area contributed by atoms with Crippen molar-refractivity contribution < 1.29 is 4.42 Å². The van der Waals surface area contributed by atoms with Crippen molar-refractivity contribution >= 4 is 0 Å². The van der Waals surface area contributed by atoms with Crippen LogP contribution in [0.3, 0.4) is 0 Å². The van der Waals surface area contributed by atoms with Gasteiger partial charge in [0.2, 0.25) is 5.89 Å². The molecule has 1 saturated heterocycles. The second kappa shape index (κ2) is 3.87. The Kier molecular flexibility index (Phi) is 2.26. The van der Waals surface area contributed by atoms with Crippen molar-refractivity contribution in [3.63, 3.8) is 0 Å². The number of pyridine rings is 1. The van der Waals surface area contributed by atoms with Gasteiger partial charge >= 0.3 is 0 Å². The fourth-order valence-electron chi connectivity index (χ4n) is 3.05. The Morgan fingerprint density at radius 1 is 1.32 bits per heavy atom. The Bertz CT molecular complexity index is 591. The van der Waals surface area contributed by atoms with Gasteiger partial charge in [-0.25, -0.2) is 0 Å². The van der Waals surface area contributed by atoms with Crippen LogP contribution in [0.1, 0.15) is 31.2 Å². The average Bonchev–Trinajstić information content (AvgIpc) is 2.88. The highest BCUT2D eigenvalue weighted by Gasteiger charge is 2.52. The minimum Gasteiger partial charge on any atom is -0.418 e. The largest absolute Gasteiger partial charge is 0.418 e. The van der Waals surface area contributed by atoms with Crippen LogP contribution in [0.25, 0.3) is 11.6 Å². The van der Waals surface area contributed by atoms with Gasteiger partial charge in [-0.3, -0.25) is 9.88 Å². The van der Waals surface area contributed by atoms with E-state index in [1.165, 1.54) is 12.8 Å². The molecule has 1 saturated carbocycles. The van der Waals surface area contributed by atoms with Gasteiger partial charge in [-0.15, -0.1) is 10.2 Å². The summed E-state index contributed by atoms with van der Waals surface area (Å²) in [4.78, 5) is 6.58. The Morgan fingerprint density at radius 2 is 2.21 bits per heavy atom. The average molecular weight is 256 g/mol. The molecule has 2 aromatic rings. The maximum absolute atomic E-state index is 5.82. The molecule has 19 heavy (non-hydrogen) atoms. The molecule has 4 rings (SSSR count). The summed E-state index contributed by atoms with van der Waals surface area (Å²) in [5, 5.41) is 8.35. The third-order valence-corrected chi connectivity index (χ3v) is 4.31. The van der Waals surface area contributed by atoms with Crippen molar-refractivity contribution in [3.05, 3.63) is 30.3 Å². The van der Waals surface area contributed by atoms with E-state index in [1.54, 1.807) is 6.20 Å². The van der Waals surface area contributed by atoms with Crippen molar-refractivity contribution in [3.8, 4) is 11.6 Å². The summed E-state index contributed by atoms with van der Waals surface area (Å²) in [6.45, 7) is 1.15. The minimum absolute atomic E-state index is 0.271. The molecule has 1 spiro atoms. The first kappa shape index (κ1) is 11.1. The van der Waals surface area contributed by atoms with Crippen molar-refractivity contribution in [2.45, 2.75) is 25.3 Å². The lowest BCUT2D eigenvalue weighted by Gasteiger charge is -2.14. The van der Waals surface area contributed by atoms with Crippen molar-refractivity contribution in [1.29, 1.82) is 0 Å². The summed E-state index contributed by atoms with van der Waals surface area (Å²) in [7, 11) is 2.14. The van der Waals surface area contributed by atoms with Crippen LogP contribution >= 0.6 is 0 Å². The number of hydrogen-bond acceptors (Lipinski definition) is 5. The molecule has 1 atom stereocenters. The van der Waals surface area contributed by atoms with Gasteiger partial charge in [0.1, 0.15) is 5.69 Å². The Labute approximate surface area is 111 Å². The molecule has 0 bridgehead atoms. The zero-order chi connectivity index (χ0) is 12.9. The van der Waals surface area contributed by atoms with Gasteiger partial charge in [0.15, 0.2) is 0 Å². The second-order valence-electron chi connectivity index (χ2n) is 5.80. The third kappa shape index (κ3) is 1.85. The van der Waals surface area contributed by atoms with Crippen molar-refractivity contribution in [1.82, 2.24) is 20.1 Å². The monoisotopic (exact) mass is 256 g/mol. The fourth-order valence-corrected chi connectivity index (χ4v) is 3.05. The van der Waals surface area contributed by atoms with Gasteiger partial charge in [0.25, 0.3) is 5.89 Å². The topological polar surface area (TPSA) is 55.1 Å². The van der Waals surface area contributed by atoms with Crippen LogP contribution in [-0.2, 0) is 0 Å². The molecule has 1 unspecified atom stereocenters. The van der Waals surface area contributed by atoms with Gasteiger partial charge < -0.3 is 4.42 Å². The summed E-state index contributed by atoms with van der Waals surface area (Å²) in [6.07, 6.45) is 5.57. The van der Waals surface area contributed by atoms with Crippen molar-refractivity contribution in [2.75, 3.05) is 13.6 Å². The third-order valence-electron chi connectivity index (χ3n) is 4.31. The first-order valence-electron chi connectivity index (χ1n) is 6.71. The van der Waals surface area contributed by atoms with E-state index in [0.29, 0.717) is 11.3 Å². The lowest BCUT2D eigenvalue weighted by Crippen LogP contribution is -2.18. The quantitative estimate of drug-likeness (QED) is 0.825. The minimum atomic E-state index is 0.271. The molecule has 1 aliphatic carbocycles. The SMILES string of the molecule is CN1CC2(CC2)CC1c1nnc(-c2ccccn2)o1. The van der Waals surface area contributed by atoms with E-state index in [0.717, 1.165) is 24.6 Å². The molecule has 0 amide bonds. The van der Waals surface area contributed by atoms with Gasteiger partial charge in [-0.2, -0.15) is 0 Å². The summed E-state index contributed by atoms with van der Waals surface area (Å²) in [5.74, 6) is 1.24. The zero-order valence-electron chi connectivity index (χ0n) is 10.9. The summed E-state index contributed by atoms with van der Waals surface area (Å²) in [6, 6.07) is 5.96. The van der Waals surface area contributed by atoms with Gasteiger partial charge in [-0.05, 0) is 43.9 Å². The number of aromatic nitrogens is 3. The molecule has 1 aliphatic heterocycles. The van der Waals surface area contributed by atoms with E-state index in [9.17, 15) is 0 Å². The Hall–Kier alpha value is -1.75. The molecule has 0 radical (unpaired) electrons. The highest BCUT2D eigenvalue weighted by Crippen LogP contribution is 2.57. The van der Waals surface area contributed by atoms with Crippen LogP contribution in [0.5, 0.6) is 0 Å². The Morgan fingerprint density at radius 3 is 2.89 bits per heavy atom. The molecular formula is C14H16N4O. The van der Waals surface area contributed by atoms with E-state index in [2.05, 4.69) is 27.1 Å². The van der Waals surface area contributed by atoms with Crippen molar-refractivity contribution in [2.24, 2.45) is 5.41 Å². The highest BCUT2D eigenvalue weighted by atomic mass is 16.4. The van der Waals surface area contributed by atoms with E-state index >= 15 is 0 Å². The van der Waals surface area contributed by atoms with Gasteiger partial charge in [0, 0.05) is 12.7 Å².